The van der Waals surface area contributed by atoms with Crippen molar-refractivity contribution in [3.05, 3.63) is 47.6 Å². The Labute approximate surface area is 195 Å². The molecule has 0 fully saturated rings. The van der Waals surface area contributed by atoms with E-state index in [9.17, 15) is 9.59 Å². The van der Waals surface area contributed by atoms with E-state index in [0.717, 1.165) is 42.4 Å². The molecule has 0 aliphatic carbocycles. The molecule has 1 aromatic rings. The lowest BCUT2D eigenvalue weighted by Gasteiger charge is -2.33. The van der Waals surface area contributed by atoms with E-state index in [-0.39, 0.29) is 23.7 Å². The second kappa shape index (κ2) is 13.6. The SMILES string of the molecule is C#CC(C)/C(=C(C)\C=C/C)c1ccc(NC(=O)C(C(CCC)CCC)N(C)C(C)=O)cc1. The Hall–Kier alpha value is -2.80. The van der Waals surface area contributed by atoms with Crippen LogP contribution in [0.1, 0.15) is 72.8 Å². The Morgan fingerprint density at radius 3 is 2.12 bits per heavy atom. The van der Waals surface area contributed by atoms with Gasteiger partial charge in [0.05, 0.1) is 0 Å². The van der Waals surface area contributed by atoms with Crippen molar-refractivity contribution in [2.45, 2.75) is 73.3 Å². The number of anilines is 1. The van der Waals surface area contributed by atoms with Crippen molar-refractivity contribution in [1.29, 1.82) is 0 Å². The molecule has 0 saturated carbocycles. The van der Waals surface area contributed by atoms with E-state index in [1.165, 1.54) is 6.92 Å². The normalized spacial score (nSPS) is 14.0. The summed E-state index contributed by atoms with van der Waals surface area (Å²) in [7, 11) is 1.72. The number of carbonyl (C=O) groups excluding carboxylic acids is 2. The van der Waals surface area contributed by atoms with Crippen LogP contribution in [-0.2, 0) is 9.59 Å². The fraction of sp³-hybridized carbons (Fsp3) is 0.500. The number of hydrogen-bond acceptors (Lipinski definition) is 2. The molecule has 4 heteroatoms. The van der Waals surface area contributed by atoms with Gasteiger partial charge in [0.1, 0.15) is 6.04 Å². The topological polar surface area (TPSA) is 49.4 Å². The summed E-state index contributed by atoms with van der Waals surface area (Å²) in [5.41, 5.74) is 3.98. The van der Waals surface area contributed by atoms with Gasteiger partial charge in [-0.1, -0.05) is 56.9 Å². The van der Waals surface area contributed by atoms with Crippen LogP contribution in [0.25, 0.3) is 5.57 Å². The third-order valence-electron chi connectivity index (χ3n) is 5.94. The Balaban J connectivity index is 3.21. The summed E-state index contributed by atoms with van der Waals surface area (Å²) in [4.78, 5) is 26.9. The highest BCUT2D eigenvalue weighted by atomic mass is 16.2. The molecule has 2 unspecified atom stereocenters. The van der Waals surface area contributed by atoms with Crippen molar-refractivity contribution in [1.82, 2.24) is 4.90 Å². The lowest BCUT2D eigenvalue weighted by Crippen LogP contribution is -2.48. The zero-order valence-electron chi connectivity index (χ0n) is 20.9. The number of nitrogens with zero attached hydrogens (tertiary/aromatic N) is 1. The predicted octanol–water partition coefficient (Wildman–Crippen LogP) is 6.31. The highest BCUT2D eigenvalue weighted by molar-refractivity contribution is 5.97. The van der Waals surface area contributed by atoms with Gasteiger partial charge in [-0.2, -0.15) is 0 Å². The van der Waals surface area contributed by atoms with E-state index in [0.29, 0.717) is 5.69 Å². The van der Waals surface area contributed by atoms with Gasteiger partial charge >= 0.3 is 0 Å². The maximum absolute atomic E-state index is 13.3. The number of terminal acetylenes is 1. The highest BCUT2D eigenvalue weighted by Crippen LogP contribution is 2.29. The van der Waals surface area contributed by atoms with E-state index in [1.54, 1.807) is 11.9 Å². The Kier molecular flexibility index (Phi) is 11.6. The summed E-state index contributed by atoms with van der Waals surface area (Å²) in [5.74, 6) is 2.69. The molecule has 0 aromatic heterocycles. The molecule has 4 nitrogen and oxygen atoms in total. The van der Waals surface area contributed by atoms with E-state index >= 15 is 0 Å². The number of allylic oxidation sites excluding steroid dienone is 4. The average molecular weight is 437 g/mol. The minimum atomic E-state index is -0.485. The van der Waals surface area contributed by atoms with Gasteiger partial charge in [0, 0.05) is 25.6 Å². The molecule has 1 rings (SSSR count). The molecule has 0 bridgehead atoms. The average Bonchev–Trinajstić information content (AvgIpc) is 2.75. The lowest BCUT2D eigenvalue weighted by molar-refractivity contribution is -0.137. The second-order valence-corrected chi connectivity index (χ2v) is 8.46. The van der Waals surface area contributed by atoms with Crippen molar-refractivity contribution in [3.8, 4) is 12.3 Å². The fourth-order valence-corrected chi connectivity index (χ4v) is 4.30. The monoisotopic (exact) mass is 436 g/mol. The van der Waals surface area contributed by atoms with Gasteiger partial charge in [0.15, 0.2) is 0 Å². The number of amides is 2. The molecular formula is C28H40N2O2. The summed E-state index contributed by atoms with van der Waals surface area (Å²) in [6.07, 6.45) is 13.5. The molecule has 2 amide bonds. The predicted molar refractivity (Wildman–Crippen MR) is 136 cm³/mol. The fourth-order valence-electron chi connectivity index (χ4n) is 4.30. The Morgan fingerprint density at radius 2 is 1.69 bits per heavy atom. The van der Waals surface area contributed by atoms with Crippen LogP contribution in [0.2, 0.25) is 0 Å². The molecule has 0 radical (unpaired) electrons. The maximum atomic E-state index is 13.3. The van der Waals surface area contributed by atoms with Gasteiger partial charge in [-0.3, -0.25) is 9.59 Å². The number of nitrogens with one attached hydrogen (secondary N) is 1. The maximum Gasteiger partial charge on any atom is 0.247 e. The zero-order chi connectivity index (χ0) is 24.3. The molecular weight excluding hydrogens is 396 g/mol. The van der Waals surface area contributed by atoms with E-state index < -0.39 is 6.04 Å². The lowest BCUT2D eigenvalue weighted by atomic mass is 9.88. The van der Waals surface area contributed by atoms with Gasteiger partial charge in [0.25, 0.3) is 0 Å². The van der Waals surface area contributed by atoms with E-state index in [1.807, 2.05) is 44.2 Å². The van der Waals surface area contributed by atoms with Crippen LogP contribution in [0, 0.1) is 24.2 Å². The highest BCUT2D eigenvalue weighted by Gasteiger charge is 2.32. The number of benzene rings is 1. The third kappa shape index (κ3) is 7.41. The largest absolute Gasteiger partial charge is 0.334 e. The van der Waals surface area contributed by atoms with Crippen molar-refractivity contribution in [2.75, 3.05) is 12.4 Å². The molecule has 32 heavy (non-hydrogen) atoms. The van der Waals surface area contributed by atoms with Crippen LogP contribution in [0.5, 0.6) is 0 Å². The molecule has 0 aliphatic rings. The second-order valence-electron chi connectivity index (χ2n) is 8.46. The molecule has 0 heterocycles. The van der Waals surface area contributed by atoms with Crippen molar-refractivity contribution in [3.63, 3.8) is 0 Å². The van der Waals surface area contributed by atoms with Crippen LogP contribution in [0.3, 0.4) is 0 Å². The van der Waals surface area contributed by atoms with Crippen molar-refractivity contribution in [2.24, 2.45) is 11.8 Å². The zero-order valence-corrected chi connectivity index (χ0v) is 20.9. The third-order valence-corrected chi connectivity index (χ3v) is 5.94. The quantitative estimate of drug-likeness (QED) is 0.326. The molecule has 2 atom stereocenters. The standard InChI is InChI=1S/C28H40N2O2/c1-9-13-21(6)26(20(5)12-4)23-16-18-25(19-17-23)29-28(32)27(30(8)22(7)31)24(14-10-2)15-11-3/h4,9,13,16-20,24,27H,10-11,14-15H2,1-3,5-8H3,(H,29,32)/b13-9-,26-21+. The minimum absolute atomic E-state index is 0.0240. The molecule has 1 aromatic carbocycles. The van der Waals surface area contributed by atoms with Gasteiger partial charge < -0.3 is 10.2 Å². The van der Waals surface area contributed by atoms with Gasteiger partial charge in [-0.05, 0) is 68.4 Å². The smallest absolute Gasteiger partial charge is 0.247 e. The van der Waals surface area contributed by atoms with Crippen LogP contribution in [0.15, 0.2) is 42.0 Å². The summed E-state index contributed by atoms with van der Waals surface area (Å²) >= 11 is 0. The first-order valence-corrected chi connectivity index (χ1v) is 11.7. The summed E-state index contributed by atoms with van der Waals surface area (Å²) in [6, 6.07) is 7.30. The Bertz CT molecular complexity index is 852. The number of carbonyl (C=O) groups is 2. The van der Waals surface area contributed by atoms with Crippen LogP contribution < -0.4 is 5.32 Å². The number of likely N-dealkylation sites (N-methyl/N-ethyl adjacent to an activating group) is 1. The summed E-state index contributed by atoms with van der Waals surface area (Å²) < 4.78 is 0. The first-order chi connectivity index (χ1) is 15.2. The van der Waals surface area contributed by atoms with Gasteiger partial charge in [-0.25, -0.2) is 0 Å². The molecule has 1 N–H and O–H groups in total. The van der Waals surface area contributed by atoms with E-state index in [4.69, 9.17) is 6.42 Å². The van der Waals surface area contributed by atoms with Gasteiger partial charge in [-0.15, -0.1) is 6.42 Å². The first-order valence-electron chi connectivity index (χ1n) is 11.7. The van der Waals surface area contributed by atoms with Crippen LogP contribution >= 0.6 is 0 Å². The van der Waals surface area contributed by atoms with Crippen molar-refractivity contribution >= 4 is 23.1 Å². The van der Waals surface area contributed by atoms with Crippen LogP contribution in [0.4, 0.5) is 5.69 Å². The summed E-state index contributed by atoms with van der Waals surface area (Å²) in [5, 5.41) is 3.04. The first kappa shape index (κ1) is 27.2. The molecule has 0 aliphatic heterocycles. The van der Waals surface area contributed by atoms with Crippen LogP contribution in [-0.4, -0.2) is 29.8 Å². The van der Waals surface area contributed by atoms with E-state index in [2.05, 4.69) is 38.1 Å². The minimum Gasteiger partial charge on any atom is -0.334 e. The molecule has 174 valence electrons. The summed E-state index contributed by atoms with van der Waals surface area (Å²) in [6.45, 7) is 11.8. The molecule has 0 saturated heterocycles. The number of hydrogen-bond donors (Lipinski definition) is 1. The number of rotatable bonds is 11. The van der Waals surface area contributed by atoms with Crippen molar-refractivity contribution < 1.29 is 9.59 Å². The Morgan fingerprint density at radius 1 is 1.12 bits per heavy atom. The van der Waals surface area contributed by atoms with Gasteiger partial charge in [0.2, 0.25) is 11.8 Å². The molecule has 0 spiro atoms.